The van der Waals surface area contributed by atoms with Crippen molar-refractivity contribution in [2.75, 3.05) is 5.32 Å². The molecule has 1 amide bonds. The molecule has 0 aliphatic heterocycles. The maximum atomic E-state index is 12.0. The van der Waals surface area contributed by atoms with Gasteiger partial charge in [0.2, 0.25) is 0 Å². The summed E-state index contributed by atoms with van der Waals surface area (Å²) in [6.45, 7) is 0. The van der Waals surface area contributed by atoms with E-state index in [-0.39, 0.29) is 16.0 Å². The predicted octanol–water partition coefficient (Wildman–Crippen LogP) is 1.88. The highest BCUT2D eigenvalue weighted by molar-refractivity contribution is 7.85. The van der Waals surface area contributed by atoms with Crippen molar-refractivity contribution in [3.8, 4) is 0 Å². The Balaban J connectivity index is 2.13. The Hall–Kier alpha value is -2.71. The maximum absolute atomic E-state index is 12.0. The topological polar surface area (TPSA) is 121 Å². The molecule has 0 aliphatic carbocycles. The van der Waals surface area contributed by atoms with Gasteiger partial charge in [0.25, 0.3) is 16.0 Å². The molecule has 0 aromatic heterocycles. The van der Waals surface area contributed by atoms with Crippen LogP contribution in [0.4, 0.5) is 5.69 Å². The monoisotopic (exact) mass is 321 g/mol. The Morgan fingerprint density at radius 1 is 0.864 bits per heavy atom. The third kappa shape index (κ3) is 3.68. The van der Waals surface area contributed by atoms with Crippen molar-refractivity contribution in [3.63, 3.8) is 0 Å². The van der Waals surface area contributed by atoms with Crippen LogP contribution in [0, 0.1) is 0 Å². The van der Waals surface area contributed by atoms with Crippen LogP contribution in [-0.4, -0.2) is 30.0 Å². The average Bonchev–Trinajstić information content (AvgIpc) is 2.47. The second kappa shape index (κ2) is 5.96. The van der Waals surface area contributed by atoms with Crippen LogP contribution in [0.2, 0.25) is 0 Å². The molecule has 3 N–H and O–H groups in total. The lowest BCUT2D eigenvalue weighted by Gasteiger charge is -2.06. The Labute approximate surface area is 126 Å². The fraction of sp³-hybridized carbons (Fsp3) is 0. The molecule has 0 spiro atoms. The molecule has 22 heavy (non-hydrogen) atoms. The molecule has 0 radical (unpaired) electrons. The molecular formula is C14H11NO6S. The van der Waals surface area contributed by atoms with Gasteiger partial charge in [0, 0.05) is 11.3 Å². The van der Waals surface area contributed by atoms with E-state index in [0.717, 1.165) is 12.1 Å². The first-order chi connectivity index (χ1) is 10.3. The number of carbonyl (C=O) groups excluding carboxylic acids is 1. The first kappa shape index (κ1) is 15.7. The van der Waals surface area contributed by atoms with Gasteiger partial charge in [-0.3, -0.25) is 9.35 Å². The van der Waals surface area contributed by atoms with E-state index in [9.17, 15) is 18.0 Å². The Morgan fingerprint density at radius 3 is 1.82 bits per heavy atom. The fourth-order valence-corrected chi connectivity index (χ4v) is 2.16. The average molecular weight is 321 g/mol. The number of carboxylic acids is 1. The molecule has 7 nitrogen and oxygen atoms in total. The number of benzene rings is 2. The Morgan fingerprint density at radius 2 is 1.36 bits per heavy atom. The molecule has 0 aliphatic rings. The number of anilines is 1. The van der Waals surface area contributed by atoms with E-state index in [2.05, 4.69) is 5.32 Å². The van der Waals surface area contributed by atoms with Crippen LogP contribution in [0.25, 0.3) is 0 Å². The van der Waals surface area contributed by atoms with Crippen LogP contribution in [0.5, 0.6) is 0 Å². The summed E-state index contributed by atoms with van der Waals surface area (Å²) in [5.41, 5.74) is 0.651. The molecule has 2 aromatic carbocycles. The van der Waals surface area contributed by atoms with Gasteiger partial charge in [0.1, 0.15) is 0 Å². The third-order valence-electron chi connectivity index (χ3n) is 2.80. The van der Waals surface area contributed by atoms with Gasteiger partial charge < -0.3 is 10.4 Å². The van der Waals surface area contributed by atoms with E-state index in [1.54, 1.807) is 0 Å². The molecule has 0 unspecified atom stereocenters. The van der Waals surface area contributed by atoms with E-state index in [1.807, 2.05) is 0 Å². The normalized spacial score (nSPS) is 11.0. The van der Waals surface area contributed by atoms with Crippen molar-refractivity contribution in [1.82, 2.24) is 0 Å². The van der Waals surface area contributed by atoms with E-state index < -0.39 is 22.0 Å². The summed E-state index contributed by atoms with van der Waals surface area (Å²) in [6, 6.07) is 10.3. The minimum absolute atomic E-state index is 0.0639. The predicted molar refractivity (Wildman–Crippen MR) is 77.6 cm³/mol. The van der Waals surface area contributed by atoms with E-state index in [4.69, 9.17) is 9.66 Å². The Bertz CT molecular complexity index is 809. The summed E-state index contributed by atoms with van der Waals surface area (Å²) < 4.78 is 30.6. The number of rotatable bonds is 4. The van der Waals surface area contributed by atoms with E-state index in [1.165, 1.54) is 36.4 Å². The van der Waals surface area contributed by atoms with Crippen LogP contribution >= 0.6 is 0 Å². The molecule has 114 valence electrons. The van der Waals surface area contributed by atoms with Crippen molar-refractivity contribution in [2.24, 2.45) is 0 Å². The molecule has 0 atom stereocenters. The van der Waals surface area contributed by atoms with Gasteiger partial charge in [-0.15, -0.1) is 0 Å². The van der Waals surface area contributed by atoms with Gasteiger partial charge in [-0.2, -0.15) is 8.42 Å². The number of carbonyl (C=O) groups is 2. The number of hydrogen-bond donors (Lipinski definition) is 3. The maximum Gasteiger partial charge on any atom is 0.335 e. The third-order valence-corrected chi connectivity index (χ3v) is 3.67. The fourth-order valence-electron chi connectivity index (χ4n) is 1.68. The summed E-state index contributed by atoms with van der Waals surface area (Å²) in [5.74, 6) is -1.57. The van der Waals surface area contributed by atoms with Gasteiger partial charge >= 0.3 is 5.97 Å². The van der Waals surface area contributed by atoms with Gasteiger partial charge in [0.05, 0.1) is 10.5 Å². The van der Waals surface area contributed by atoms with Crippen molar-refractivity contribution in [2.45, 2.75) is 4.90 Å². The van der Waals surface area contributed by atoms with Crippen molar-refractivity contribution < 1.29 is 27.7 Å². The summed E-state index contributed by atoms with van der Waals surface area (Å²) >= 11 is 0. The highest BCUT2D eigenvalue weighted by atomic mass is 32.2. The van der Waals surface area contributed by atoms with Gasteiger partial charge in [-0.05, 0) is 48.5 Å². The number of aromatic carboxylic acids is 1. The summed E-state index contributed by atoms with van der Waals surface area (Å²) in [7, 11) is -4.28. The summed E-state index contributed by atoms with van der Waals surface area (Å²) in [4.78, 5) is 22.4. The molecule has 2 aromatic rings. The van der Waals surface area contributed by atoms with Crippen molar-refractivity contribution in [3.05, 3.63) is 59.7 Å². The largest absolute Gasteiger partial charge is 0.478 e. The standard InChI is InChI=1S/C14H11NO6S/c16-13(9-1-3-10(4-2-9)14(17)18)15-11-5-7-12(8-6-11)22(19,20)21/h1-8H,(H,15,16)(H,17,18)(H,19,20,21). The first-order valence-electron chi connectivity index (χ1n) is 5.99. The number of amides is 1. The highest BCUT2D eigenvalue weighted by Gasteiger charge is 2.11. The minimum Gasteiger partial charge on any atom is -0.478 e. The van der Waals surface area contributed by atoms with E-state index >= 15 is 0 Å². The zero-order valence-corrected chi connectivity index (χ0v) is 11.9. The SMILES string of the molecule is O=C(O)c1ccc(C(=O)Nc2ccc(S(=O)(=O)O)cc2)cc1. The second-order valence-electron chi connectivity index (χ2n) is 4.34. The number of carboxylic acid groups (broad SMARTS) is 1. The van der Waals surface area contributed by atoms with Gasteiger partial charge in [0.15, 0.2) is 0 Å². The van der Waals surface area contributed by atoms with Gasteiger partial charge in [-0.25, -0.2) is 4.79 Å². The molecule has 2 rings (SSSR count). The number of nitrogens with one attached hydrogen (secondary N) is 1. The molecule has 8 heteroatoms. The second-order valence-corrected chi connectivity index (χ2v) is 5.76. The molecule has 0 heterocycles. The van der Waals surface area contributed by atoms with Gasteiger partial charge in [-0.1, -0.05) is 0 Å². The Kier molecular flexibility index (Phi) is 4.25. The lowest BCUT2D eigenvalue weighted by molar-refractivity contribution is 0.0696. The zero-order chi connectivity index (χ0) is 16.3. The van der Waals surface area contributed by atoms with Crippen molar-refractivity contribution in [1.29, 1.82) is 0 Å². The molecule has 0 saturated heterocycles. The van der Waals surface area contributed by atoms with Crippen LogP contribution in [0.3, 0.4) is 0 Å². The molecule has 0 bridgehead atoms. The lowest BCUT2D eigenvalue weighted by atomic mass is 10.1. The summed E-state index contributed by atoms with van der Waals surface area (Å²) in [6.07, 6.45) is 0. The lowest BCUT2D eigenvalue weighted by Crippen LogP contribution is -2.12. The van der Waals surface area contributed by atoms with Crippen LogP contribution < -0.4 is 5.32 Å². The minimum atomic E-state index is -4.28. The number of hydrogen-bond acceptors (Lipinski definition) is 4. The van der Waals surface area contributed by atoms with Crippen molar-refractivity contribution >= 4 is 27.7 Å². The van der Waals surface area contributed by atoms with Crippen LogP contribution in [0.1, 0.15) is 20.7 Å². The molecule has 0 fully saturated rings. The summed E-state index contributed by atoms with van der Waals surface area (Å²) in [5, 5.41) is 11.3. The highest BCUT2D eigenvalue weighted by Crippen LogP contribution is 2.15. The molecule has 0 saturated carbocycles. The van der Waals surface area contributed by atoms with Crippen LogP contribution in [0.15, 0.2) is 53.4 Å². The quantitative estimate of drug-likeness (QED) is 0.739. The zero-order valence-electron chi connectivity index (χ0n) is 11.1. The first-order valence-corrected chi connectivity index (χ1v) is 7.43. The van der Waals surface area contributed by atoms with Crippen LogP contribution in [-0.2, 0) is 10.1 Å². The molecular weight excluding hydrogens is 310 g/mol. The van der Waals surface area contributed by atoms with E-state index in [0.29, 0.717) is 5.69 Å². The smallest absolute Gasteiger partial charge is 0.335 e.